The van der Waals surface area contributed by atoms with Crippen LogP contribution in [0, 0.1) is 25.2 Å². The third-order valence-corrected chi connectivity index (χ3v) is 3.67. The largest absolute Gasteiger partial charge is 0.321 e. The van der Waals surface area contributed by atoms with E-state index in [1.54, 1.807) is 35.0 Å². The van der Waals surface area contributed by atoms with E-state index in [1.165, 1.54) is 5.56 Å². The van der Waals surface area contributed by atoms with Crippen LogP contribution in [0.25, 0.3) is 5.69 Å². The van der Waals surface area contributed by atoms with Gasteiger partial charge in [-0.25, -0.2) is 4.68 Å². The first-order valence-corrected chi connectivity index (χ1v) is 7.52. The topological polar surface area (TPSA) is 70.7 Å². The molecule has 1 N–H and O–H groups in total. The number of hydrogen-bond acceptors (Lipinski definition) is 3. The maximum absolute atomic E-state index is 12.4. The molecular formula is C19H16N4O. The van der Waals surface area contributed by atoms with Crippen LogP contribution in [-0.2, 0) is 0 Å². The van der Waals surface area contributed by atoms with E-state index in [1.807, 2.05) is 44.2 Å². The van der Waals surface area contributed by atoms with Crippen molar-refractivity contribution in [3.63, 3.8) is 0 Å². The maximum Gasteiger partial charge on any atom is 0.276 e. The van der Waals surface area contributed by atoms with Gasteiger partial charge in [-0.1, -0.05) is 17.7 Å². The second-order valence-corrected chi connectivity index (χ2v) is 5.56. The Hall–Kier alpha value is -3.39. The van der Waals surface area contributed by atoms with Crippen molar-refractivity contribution in [1.82, 2.24) is 9.78 Å². The maximum atomic E-state index is 12.4. The highest BCUT2D eigenvalue weighted by molar-refractivity contribution is 6.03. The van der Waals surface area contributed by atoms with Crippen LogP contribution in [-0.4, -0.2) is 15.7 Å². The van der Waals surface area contributed by atoms with Gasteiger partial charge in [-0.2, -0.15) is 10.4 Å². The molecule has 0 bridgehead atoms. The van der Waals surface area contributed by atoms with Gasteiger partial charge in [0.2, 0.25) is 0 Å². The summed E-state index contributed by atoms with van der Waals surface area (Å²) in [4.78, 5) is 12.4. The van der Waals surface area contributed by atoms with E-state index in [0.29, 0.717) is 16.9 Å². The van der Waals surface area contributed by atoms with Crippen molar-refractivity contribution in [3.05, 3.63) is 77.1 Å². The molecule has 5 heteroatoms. The highest BCUT2D eigenvalue weighted by Gasteiger charge is 2.13. The molecule has 3 rings (SSSR count). The van der Waals surface area contributed by atoms with Gasteiger partial charge in [-0.05, 0) is 56.3 Å². The molecule has 1 heterocycles. The summed E-state index contributed by atoms with van der Waals surface area (Å²) >= 11 is 0. The first-order valence-electron chi connectivity index (χ1n) is 7.52. The Kier molecular flexibility index (Phi) is 4.13. The number of carbonyl (C=O) groups excluding carboxylic acids is 1. The number of hydrogen-bond donors (Lipinski definition) is 1. The summed E-state index contributed by atoms with van der Waals surface area (Å²) < 4.78 is 1.74. The summed E-state index contributed by atoms with van der Waals surface area (Å²) in [5.74, 6) is -0.284. The molecule has 5 nitrogen and oxygen atoms in total. The standard InChI is InChI=1S/C19H16N4O/c1-13-3-9-17(10-4-13)23-14(2)11-18(22-23)19(24)21-16-7-5-15(12-20)6-8-16/h3-11H,1-2H3,(H,21,24). The second kappa shape index (κ2) is 6.39. The molecule has 0 unspecified atom stereocenters. The smallest absolute Gasteiger partial charge is 0.276 e. The summed E-state index contributed by atoms with van der Waals surface area (Å²) in [5, 5.41) is 16.0. The fourth-order valence-electron chi connectivity index (χ4n) is 2.36. The molecule has 0 spiro atoms. The normalized spacial score (nSPS) is 10.2. The number of nitriles is 1. The highest BCUT2D eigenvalue weighted by Crippen LogP contribution is 2.15. The third kappa shape index (κ3) is 3.18. The fourth-order valence-corrected chi connectivity index (χ4v) is 2.36. The molecule has 118 valence electrons. The lowest BCUT2D eigenvalue weighted by atomic mass is 10.2. The Morgan fingerprint density at radius 2 is 1.75 bits per heavy atom. The minimum Gasteiger partial charge on any atom is -0.321 e. The first kappa shape index (κ1) is 15.5. The summed E-state index contributed by atoms with van der Waals surface area (Å²) in [6.45, 7) is 3.93. The third-order valence-electron chi connectivity index (χ3n) is 3.67. The zero-order valence-corrected chi connectivity index (χ0v) is 13.4. The van der Waals surface area contributed by atoms with Crippen LogP contribution in [0.4, 0.5) is 5.69 Å². The van der Waals surface area contributed by atoms with Crippen LogP contribution >= 0.6 is 0 Å². The van der Waals surface area contributed by atoms with Crippen molar-refractivity contribution < 1.29 is 4.79 Å². The van der Waals surface area contributed by atoms with E-state index in [4.69, 9.17) is 5.26 Å². The Balaban J connectivity index is 1.82. The average Bonchev–Trinajstić information content (AvgIpc) is 2.98. The summed E-state index contributed by atoms with van der Waals surface area (Å²) in [6, 6.07) is 18.5. The Bertz CT molecular complexity index is 915. The molecule has 1 aromatic heterocycles. The molecule has 0 atom stereocenters. The predicted molar refractivity (Wildman–Crippen MR) is 92.1 cm³/mol. The Morgan fingerprint density at radius 3 is 2.38 bits per heavy atom. The number of anilines is 1. The summed E-state index contributed by atoms with van der Waals surface area (Å²) in [5.41, 5.74) is 4.48. The summed E-state index contributed by atoms with van der Waals surface area (Å²) in [7, 11) is 0. The van der Waals surface area contributed by atoms with Crippen LogP contribution in [0.2, 0.25) is 0 Å². The van der Waals surface area contributed by atoms with Crippen molar-refractivity contribution >= 4 is 11.6 Å². The van der Waals surface area contributed by atoms with E-state index >= 15 is 0 Å². The number of rotatable bonds is 3. The zero-order chi connectivity index (χ0) is 17.1. The number of aryl methyl sites for hydroxylation is 2. The van der Waals surface area contributed by atoms with Crippen molar-refractivity contribution in [2.45, 2.75) is 13.8 Å². The van der Waals surface area contributed by atoms with Crippen LogP contribution in [0.3, 0.4) is 0 Å². The minimum absolute atomic E-state index is 0.284. The molecule has 3 aromatic rings. The quantitative estimate of drug-likeness (QED) is 0.802. The van der Waals surface area contributed by atoms with Gasteiger partial charge in [-0.15, -0.1) is 0 Å². The van der Waals surface area contributed by atoms with Gasteiger partial charge in [0.25, 0.3) is 5.91 Å². The van der Waals surface area contributed by atoms with Crippen molar-refractivity contribution in [1.29, 1.82) is 5.26 Å². The molecule has 0 saturated carbocycles. The molecule has 0 fully saturated rings. The van der Waals surface area contributed by atoms with Crippen LogP contribution < -0.4 is 5.32 Å². The van der Waals surface area contributed by atoms with Gasteiger partial charge in [0, 0.05) is 11.4 Å². The van der Waals surface area contributed by atoms with E-state index in [0.717, 1.165) is 11.4 Å². The molecule has 0 aliphatic heterocycles. The molecular weight excluding hydrogens is 300 g/mol. The SMILES string of the molecule is Cc1ccc(-n2nc(C(=O)Nc3ccc(C#N)cc3)cc2C)cc1. The van der Waals surface area contributed by atoms with Gasteiger partial charge in [0.05, 0.1) is 17.3 Å². The molecule has 0 radical (unpaired) electrons. The lowest BCUT2D eigenvalue weighted by Gasteiger charge is -2.05. The molecule has 0 aliphatic rings. The lowest BCUT2D eigenvalue weighted by Crippen LogP contribution is -2.13. The zero-order valence-electron chi connectivity index (χ0n) is 13.4. The van der Waals surface area contributed by atoms with Crippen molar-refractivity contribution in [2.24, 2.45) is 0 Å². The van der Waals surface area contributed by atoms with Gasteiger partial charge in [0.15, 0.2) is 5.69 Å². The molecule has 1 amide bonds. The van der Waals surface area contributed by atoms with E-state index < -0.39 is 0 Å². The first-order chi connectivity index (χ1) is 11.6. The number of aromatic nitrogens is 2. The second-order valence-electron chi connectivity index (χ2n) is 5.56. The van der Waals surface area contributed by atoms with Gasteiger partial charge < -0.3 is 5.32 Å². The van der Waals surface area contributed by atoms with Gasteiger partial charge in [0.1, 0.15) is 0 Å². The minimum atomic E-state index is -0.284. The molecule has 0 saturated heterocycles. The van der Waals surface area contributed by atoms with E-state index in [9.17, 15) is 4.79 Å². The number of nitrogens with one attached hydrogen (secondary N) is 1. The summed E-state index contributed by atoms with van der Waals surface area (Å²) in [6.07, 6.45) is 0. The van der Waals surface area contributed by atoms with Crippen molar-refractivity contribution in [3.8, 4) is 11.8 Å². The van der Waals surface area contributed by atoms with Crippen LogP contribution in [0.1, 0.15) is 27.3 Å². The predicted octanol–water partition coefficient (Wildman–Crippen LogP) is 3.61. The van der Waals surface area contributed by atoms with Gasteiger partial charge >= 0.3 is 0 Å². The molecule has 2 aromatic carbocycles. The van der Waals surface area contributed by atoms with Crippen LogP contribution in [0.5, 0.6) is 0 Å². The number of amides is 1. The number of carbonyl (C=O) groups is 1. The number of nitrogens with zero attached hydrogens (tertiary/aromatic N) is 3. The molecule has 24 heavy (non-hydrogen) atoms. The van der Waals surface area contributed by atoms with E-state index in [-0.39, 0.29) is 5.91 Å². The monoisotopic (exact) mass is 316 g/mol. The highest BCUT2D eigenvalue weighted by atomic mass is 16.1. The number of benzene rings is 2. The van der Waals surface area contributed by atoms with Gasteiger partial charge in [-0.3, -0.25) is 4.79 Å². The van der Waals surface area contributed by atoms with Crippen molar-refractivity contribution in [2.75, 3.05) is 5.32 Å². The fraction of sp³-hybridized carbons (Fsp3) is 0.105. The molecule has 0 aliphatic carbocycles. The van der Waals surface area contributed by atoms with Crippen LogP contribution in [0.15, 0.2) is 54.6 Å². The Labute approximate surface area is 140 Å². The lowest BCUT2D eigenvalue weighted by molar-refractivity contribution is 0.102. The average molecular weight is 316 g/mol. The Morgan fingerprint density at radius 1 is 1.08 bits per heavy atom. The van der Waals surface area contributed by atoms with E-state index in [2.05, 4.69) is 10.4 Å².